The van der Waals surface area contributed by atoms with Crippen LogP contribution in [0.5, 0.6) is 0 Å². The lowest BCUT2D eigenvalue weighted by Gasteiger charge is -2.05. The molecule has 0 spiro atoms. The Morgan fingerprint density at radius 2 is 2.22 bits per heavy atom. The van der Waals surface area contributed by atoms with Crippen molar-refractivity contribution in [2.45, 2.75) is 0 Å². The van der Waals surface area contributed by atoms with Gasteiger partial charge in [-0.15, -0.1) is 0 Å². The SMILES string of the molecule is Nc1oncc1-c1ccc(-n2cccn2)c(F)c1. The number of halogens is 1. The van der Waals surface area contributed by atoms with Gasteiger partial charge in [-0.25, -0.2) is 9.07 Å². The van der Waals surface area contributed by atoms with E-state index in [9.17, 15) is 4.39 Å². The van der Waals surface area contributed by atoms with Crippen molar-refractivity contribution in [2.24, 2.45) is 0 Å². The molecule has 0 aliphatic rings. The summed E-state index contributed by atoms with van der Waals surface area (Å²) in [5.74, 6) is -0.224. The highest BCUT2D eigenvalue weighted by Gasteiger charge is 2.11. The fourth-order valence-electron chi connectivity index (χ4n) is 1.74. The predicted molar refractivity (Wildman–Crippen MR) is 63.4 cm³/mol. The number of nitrogens with two attached hydrogens (primary N) is 1. The van der Waals surface area contributed by atoms with Gasteiger partial charge in [-0.3, -0.25) is 0 Å². The summed E-state index contributed by atoms with van der Waals surface area (Å²) < 4.78 is 20.2. The van der Waals surface area contributed by atoms with Crippen molar-refractivity contribution in [3.05, 3.63) is 48.7 Å². The van der Waals surface area contributed by atoms with E-state index in [4.69, 9.17) is 10.3 Å². The van der Waals surface area contributed by atoms with Crippen molar-refractivity contribution in [1.29, 1.82) is 0 Å². The van der Waals surface area contributed by atoms with Crippen molar-refractivity contribution in [1.82, 2.24) is 14.9 Å². The minimum absolute atomic E-state index is 0.168. The lowest BCUT2D eigenvalue weighted by atomic mass is 10.1. The molecule has 2 heterocycles. The number of hydrogen-bond acceptors (Lipinski definition) is 4. The first-order valence-electron chi connectivity index (χ1n) is 5.26. The summed E-state index contributed by atoms with van der Waals surface area (Å²) in [5, 5.41) is 7.54. The van der Waals surface area contributed by atoms with E-state index in [0.29, 0.717) is 16.8 Å². The van der Waals surface area contributed by atoms with E-state index in [2.05, 4.69) is 10.3 Å². The molecular weight excluding hydrogens is 235 g/mol. The fraction of sp³-hybridized carbons (Fsp3) is 0. The van der Waals surface area contributed by atoms with Gasteiger partial charge in [-0.05, 0) is 23.8 Å². The van der Waals surface area contributed by atoms with Gasteiger partial charge in [-0.2, -0.15) is 5.10 Å². The summed E-state index contributed by atoms with van der Waals surface area (Å²) in [4.78, 5) is 0. The molecule has 0 atom stereocenters. The minimum atomic E-state index is -0.392. The van der Waals surface area contributed by atoms with Crippen LogP contribution in [0.4, 0.5) is 10.3 Å². The molecule has 3 aromatic rings. The number of benzene rings is 1. The van der Waals surface area contributed by atoms with E-state index in [-0.39, 0.29) is 5.88 Å². The maximum Gasteiger partial charge on any atom is 0.229 e. The Bertz CT molecular complexity index is 675. The summed E-state index contributed by atoms with van der Waals surface area (Å²) in [6, 6.07) is 6.47. The van der Waals surface area contributed by atoms with E-state index in [0.717, 1.165) is 0 Å². The van der Waals surface area contributed by atoms with Crippen LogP contribution in [-0.4, -0.2) is 14.9 Å². The molecule has 0 fully saturated rings. The Hall–Kier alpha value is -2.63. The molecule has 18 heavy (non-hydrogen) atoms. The molecule has 0 aliphatic carbocycles. The topological polar surface area (TPSA) is 69.9 Å². The van der Waals surface area contributed by atoms with Gasteiger partial charge in [0, 0.05) is 12.4 Å². The molecule has 1 aromatic carbocycles. The Kier molecular flexibility index (Phi) is 2.33. The Morgan fingerprint density at radius 1 is 1.33 bits per heavy atom. The molecule has 6 heteroatoms. The maximum absolute atomic E-state index is 14.0. The van der Waals surface area contributed by atoms with Crippen molar-refractivity contribution < 1.29 is 8.91 Å². The van der Waals surface area contributed by atoms with Crippen molar-refractivity contribution in [3.63, 3.8) is 0 Å². The van der Waals surface area contributed by atoms with Crippen LogP contribution >= 0.6 is 0 Å². The Balaban J connectivity index is 2.07. The molecule has 0 unspecified atom stereocenters. The summed E-state index contributed by atoms with van der Waals surface area (Å²) in [6.45, 7) is 0. The van der Waals surface area contributed by atoms with Gasteiger partial charge in [0.05, 0.1) is 11.8 Å². The van der Waals surface area contributed by atoms with Gasteiger partial charge < -0.3 is 10.3 Å². The Morgan fingerprint density at radius 3 is 2.83 bits per heavy atom. The van der Waals surface area contributed by atoms with Gasteiger partial charge in [-0.1, -0.05) is 11.2 Å². The van der Waals surface area contributed by atoms with Crippen LogP contribution in [0.25, 0.3) is 16.8 Å². The maximum atomic E-state index is 14.0. The van der Waals surface area contributed by atoms with E-state index >= 15 is 0 Å². The molecule has 5 nitrogen and oxygen atoms in total. The highest BCUT2D eigenvalue weighted by molar-refractivity contribution is 5.72. The highest BCUT2D eigenvalue weighted by atomic mass is 19.1. The minimum Gasteiger partial charge on any atom is -0.367 e. The summed E-state index contributed by atoms with van der Waals surface area (Å²) in [5.41, 5.74) is 7.14. The summed E-state index contributed by atoms with van der Waals surface area (Å²) >= 11 is 0. The number of aromatic nitrogens is 3. The number of rotatable bonds is 2. The third-order valence-corrected chi connectivity index (χ3v) is 2.61. The van der Waals surface area contributed by atoms with E-state index < -0.39 is 5.82 Å². The van der Waals surface area contributed by atoms with Crippen LogP contribution in [0.15, 0.2) is 47.4 Å². The zero-order chi connectivity index (χ0) is 12.5. The average molecular weight is 244 g/mol. The molecular formula is C12H9FN4O. The van der Waals surface area contributed by atoms with Crippen LogP contribution in [0.1, 0.15) is 0 Å². The second-order valence-corrected chi connectivity index (χ2v) is 3.72. The van der Waals surface area contributed by atoms with Crippen LogP contribution in [0, 0.1) is 5.82 Å². The molecule has 0 amide bonds. The molecule has 3 rings (SSSR count). The molecule has 90 valence electrons. The molecule has 0 saturated heterocycles. The molecule has 2 N–H and O–H groups in total. The smallest absolute Gasteiger partial charge is 0.229 e. The first-order chi connectivity index (χ1) is 8.75. The van der Waals surface area contributed by atoms with Gasteiger partial charge in [0.15, 0.2) is 0 Å². The van der Waals surface area contributed by atoms with Crippen LogP contribution in [0.3, 0.4) is 0 Å². The second kappa shape index (κ2) is 3.99. The van der Waals surface area contributed by atoms with E-state index in [1.54, 1.807) is 30.6 Å². The highest BCUT2D eigenvalue weighted by Crippen LogP contribution is 2.27. The van der Waals surface area contributed by atoms with Crippen LogP contribution in [0.2, 0.25) is 0 Å². The van der Waals surface area contributed by atoms with Crippen molar-refractivity contribution in [3.8, 4) is 16.8 Å². The average Bonchev–Trinajstić information content (AvgIpc) is 2.99. The lowest BCUT2D eigenvalue weighted by molar-refractivity contribution is 0.436. The number of nitrogen functional groups attached to an aromatic ring is 1. The molecule has 0 saturated carbocycles. The van der Waals surface area contributed by atoms with Crippen LogP contribution < -0.4 is 5.73 Å². The standard InChI is InChI=1S/C12H9FN4O/c13-10-6-8(9-7-16-18-12(9)14)2-3-11(10)17-5-1-4-15-17/h1-7H,14H2. The van der Waals surface area contributed by atoms with Gasteiger partial charge in [0.2, 0.25) is 5.88 Å². The third-order valence-electron chi connectivity index (χ3n) is 2.61. The van der Waals surface area contributed by atoms with Gasteiger partial charge in [0.1, 0.15) is 11.5 Å². The van der Waals surface area contributed by atoms with Crippen LogP contribution in [-0.2, 0) is 0 Å². The Labute approximate surface area is 102 Å². The molecule has 0 radical (unpaired) electrons. The summed E-state index contributed by atoms with van der Waals surface area (Å²) in [7, 11) is 0. The van der Waals surface area contributed by atoms with Gasteiger partial charge >= 0.3 is 0 Å². The largest absolute Gasteiger partial charge is 0.367 e. The van der Waals surface area contributed by atoms with E-state index in [1.807, 2.05) is 0 Å². The van der Waals surface area contributed by atoms with Crippen molar-refractivity contribution in [2.75, 3.05) is 5.73 Å². The number of hydrogen-bond donors (Lipinski definition) is 1. The summed E-state index contributed by atoms with van der Waals surface area (Å²) in [6.07, 6.45) is 4.72. The van der Waals surface area contributed by atoms with E-state index in [1.165, 1.54) is 16.9 Å². The van der Waals surface area contributed by atoms with Crippen molar-refractivity contribution >= 4 is 5.88 Å². The molecule has 0 bridgehead atoms. The number of anilines is 1. The zero-order valence-corrected chi connectivity index (χ0v) is 9.25. The monoisotopic (exact) mass is 244 g/mol. The third kappa shape index (κ3) is 1.64. The quantitative estimate of drug-likeness (QED) is 0.750. The second-order valence-electron chi connectivity index (χ2n) is 3.72. The number of nitrogens with zero attached hydrogens (tertiary/aromatic N) is 3. The molecule has 2 aromatic heterocycles. The first-order valence-corrected chi connectivity index (χ1v) is 5.26. The molecule has 0 aliphatic heterocycles. The van der Waals surface area contributed by atoms with Gasteiger partial charge in [0.25, 0.3) is 0 Å². The normalized spacial score (nSPS) is 10.7. The fourth-order valence-corrected chi connectivity index (χ4v) is 1.74. The zero-order valence-electron chi connectivity index (χ0n) is 9.25. The lowest BCUT2D eigenvalue weighted by Crippen LogP contribution is -1.98. The predicted octanol–water partition coefficient (Wildman–Crippen LogP) is 2.25. The first kappa shape index (κ1) is 10.5.